The minimum atomic E-state index is 0.251. The Morgan fingerprint density at radius 3 is 2.36 bits per heavy atom. The van der Waals surface area contributed by atoms with Gasteiger partial charge in [-0.1, -0.05) is 18.0 Å². The zero-order valence-electron chi connectivity index (χ0n) is 16.4. The fourth-order valence-electron chi connectivity index (χ4n) is 6.00. The Morgan fingerprint density at radius 1 is 1.00 bits per heavy atom. The summed E-state index contributed by atoms with van der Waals surface area (Å²) < 4.78 is 5.42. The minimum Gasteiger partial charge on any atom is -0.381 e. The van der Waals surface area contributed by atoms with E-state index in [0.717, 1.165) is 57.6 Å². The summed E-state index contributed by atoms with van der Waals surface area (Å²) in [5.74, 6) is 3.95. The summed E-state index contributed by atoms with van der Waals surface area (Å²) >= 11 is 6.11. The predicted octanol–water partition coefficient (Wildman–Crippen LogP) is 4.61. The Hall–Kier alpha value is -1.20. The highest BCUT2D eigenvalue weighted by Crippen LogP contribution is 2.49. The first kappa shape index (κ1) is 18.8. The number of carbonyl (C=O) groups is 1. The van der Waals surface area contributed by atoms with Crippen molar-refractivity contribution in [3.8, 4) is 0 Å². The van der Waals surface area contributed by atoms with Crippen LogP contribution in [-0.2, 0) is 9.53 Å². The number of nitrogens with zero attached hydrogens (tertiary/aromatic N) is 2. The third kappa shape index (κ3) is 3.68. The smallest absolute Gasteiger partial charge is 0.152 e. The molecular formula is C22H30ClN3O2. The molecule has 1 saturated heterocycles. The maximum absolute atomic E-state index is 12.9. The van der Waals surface area contributed by atoms with Gasteiger partial charge in [-0.15, -0.1) is 10.2 Å². The fraction of sp³-hybridized carbons (Fsp3) is 0.773. The third-order valence-electron chi connectivity index (χ3n) is 7.72. The van der Waals surface area contributed by atoms with Crippen molar-refractivity contribution < 1.29 is 9.53 Å². The van der Waals surface area contributed by atoms with E-state index in [1.54, 1.807) is 0 Å². The monoisotopic (exact) mass is 403 g/mol. The quantitative estimate of drug-likeness (QED) is 0.777. The summed E-state index contributed by atoms with van der Waals surface area (Å²) in [5.41, 5.74) is 1.25. The summed E-state index contributed by atoms with van der Waals surface area (Å²) in [5, 5.41) is 12.6. The van der Waals surface area contributed by atoms with E-state index >= 15 is 0 Å². The maximum atomic E-state index is 12.9. The number of anilines is 1. The zero-order valence-corrected chi connectivity index (χ0v) is 17.2. The first-order valence-corrected chi connectivity index (χ1v) is 11.5. The van der Waals surface area contributed by atoms with Crippen molar-refractivity contribution in [1.29, 1.82) is 0 Å². The van der Waals surface area contributed by atoms with E-state index in [-0.39, 0.29) is 5.92 Å². The van der Waals surface area contributed by atoms with E-state index in [1.165, 1.54) is 24.8 Å². The van der Waals surface area contributed by atoms with Crippen LogP contribution in [0.15, 0.2) is 6.07 Å². The van der Waals surface area contributed by atoms with Crippen molar-refractivity contribution in [3.63, 3.8) is 0 Å². The molecule has 3 aliphatic carbocycles. The van der Waals surface area contributed by atoms with Gasteiger partial charge in [-0.3, -0.25) is 4.79 Å². The van der Waals surface area contributed by atoms with Gasteiger partial charge in [0.25, 0.3) is 0 Å². The van der Waals surface area contributed by atoms with E-state index in [4.69, 9.17) is 16.3 Å². The van der Waals surface area contributed by atoms with Gasteiger partial charge >= 0.3 is 0 Å². The Bertz CT molecular complexity index is 718. The molecule has 28 heavy (non-hydrogen) atoms. The van der Waals surface area contributed by atoms with Crippen molar-refractivity contribution in [2.24, 2.45) is 23.7 Å². The van der Waals surface area contributed by atoms with Gasteiger partial charge in [-0.2, -0.15) is 0 Å². The van der Waals surface area contributed by atoms with E-state index in [2.05, 4.69) is 15.5 Å². The summed E-state index contributed by atoms with van der Waals surface area (Å²) in [6.45, 7) is 1.51. The SMILES string of the molecule is O=C(C1CCOCC1)C1C[C@H]2CC(Nc3nnc(Cl)cc3C3CCC3)C[C@H]2C1. The minimum absolute atomic E-state index is 0.251. The van der Waals surface area contributed by atoms with Crippen LogP contribution in [0.4, 0.5) is 5.82 Å². The van der Waals surface area contributed by atoms with Crippen LogP contribution in [0.2, 0.25) is 5.15 Å². The van der Waals surface area contributed by atoms with E-state index in [1.807, 2.05) is 6.07 Å². The Labute approximate surface area is 172 Å². The van der Waals surface area contributed by atoms with Crippen LogP contribution in [0, 0.1) is 23.7 Å². The molecule has 6 heteroatoms. The van der Waals surface area contributed by atoms with Crippen LogP contribution >= 0.6 is 11.6 Å². The molecule has 4 atom stereocenters. The Balaban J connectivity index is 1.19. The third-order valence-corrected chi connectivity index (χ3v) is 7.91. The summed E-state index contributed by atoms with van der Waals surface area (Å²) in [7, 11) is 0. The van der Waals surface area contributed by atoms with Gasteiger partial charge in [0.1, 0.15) is 5.78 Å². The van der Waals surface area contributed by atoms with Gasteiger partial charge in [-0.05, 0) is 75.2 Å². The summed E-state index contributed by atoms with van der Waals surface area (Å²) in [6.07, 6.45) is 10.1. The highest BCUT2D eigenvalue weighted by atomic mass is 35.5. The molecule has 2 unspecified atom stereocenters. The van der Waals surface area contributed by atoms with Crippen LogP contribution in [0.25, 0.3) is 0 Å². The Morgan fingerprint density at radius 2 is 1.71 bits per heavy atom. The lowest BCUT2D eigenvalue weighted by molar-refractivity contribution is -0.129. The number of aromatic nitrogens is 2. The second-order valence-corrected chi connectivity index (χ2v) is 9.78. The lowest BCUT2D eigenvalue weighted by Crippen LogP contribution is -2.28. The zero-order chi connectivity index (χ0) is 19.1. The number of ketones is 1. The molecule has 4 aliphatic rings. The number of halogens is 1. The molecular weight excluding hydrogens is 374 g/mol. The van der Waals surface area contributed by atoms with Crippen molar-refractivity contribution >= 4 is 23.2 Å². The van der Waals surface area contributed by atoms with Gasteiger partial charge in [-0.25, -0.2) is 0 Å². The number of Topliss-reactive ketones (excluding diaryl/α,β-unsaturated/α-hetero) is 1. The highest BCUT2D eigenvalue weighted by Gasteiger charge is 2.45. The maximum Gasteiger partial charge on any atom is 0.152 e. The van der Waals surface area contributed by atoms with Crippen LogP contribution in [0.5, 0.6) is 0 Å². The number of fused-ring (bicyclic) bond motifs is 1. The molecule has 1 aliphatic heterocycles. The molecule has 1 aromatic heterocycles. The first-order valence-electron chi connectivity index (χ1n) is 11.1. The van der Waals surface area contributed by atoms with E-state index in [0.29, 0.717) is 40.6 Å². The fourth-order valence-corrected chi connectivity index (χ4v) is 6.15. The second kappa shape index (κ2) is 7.91. The van der Waals surface area contributed by atoms with Gasteiger partial charge in [0.15, 0.2) is 11.0 Å². The summed E-state index contributed by atoms with van der Waals surface area (Å²) in [4.78, 5) is 12.9. The van der Waals surface area contributed by atoms with Crippen molar-refractivity contribution in [1.82, 2.24) is 10.2 Å². The topological polar surface area (TPSA) is 64.1 Å². The van der Waals surface area contributed by atoms with E-state index < -0.39 is 0 Å². The molecule has 0 amide bonds. The average Bonchev–Trinajstić information content (AvgIpc) is 3.21. The van der Waals surface area contributed by atoms with Crippen molar-refractivity contribution in [3.05, 3.63) is 16.8 Å². The molecule has 5 rings (SSSR count). The number of ether oxygens (including phenoxy) is 1. The molecule has 4 fully saturated rings. The first-order chi connectivity index (χ1) is 13.7. The van der Waals surface area contributed by atoms with Crippen LogP contribution in [0.3, 0.4) is 0 Å². The lowest BCUT2D eigenvalue weighted by Gasteiger charge is -2.28. The van der Waals surface area contributed by atoms with Crippen molar-refractivity contribution in [2.45, 2.75) is 69.7 Å². The van der Waals surface area contributed by atoms with Gasteiger partial charge in [0.05, 0.1) is 0 Å². The van der Waals surface area contributed by atoms with Gasteiger partial charge in [0.2, 0.25) is 0 Å². The normalized spacial score (nSPS) is 33.5. The van der Waals surface area contributed by atoms with Crippen LogP contribution in [0.1, 0.15) is 69.3 Å². The molecule has 5 nitrogen and oxygen atoms in total. The summed E-state index contributed by atoms with van der Waals surface area (Å²) in [6, 6.07) is 2.45. The lowest BCUT2D eigenvalue weighted by atomic mass is 9.80. The molecule has 2 heterocycles. The average molecular weight is 404 g/mol. The molecule has 1 N–H and O–H groups in total. The van der Waals surface area contributed by atoms with Crippen molar-refractivity contribution in [2.75, 3.05) is 18.5 Å². The highest BCUT2D eigenvalue weighted by molar-refractivity contribution is 6.29. The largest absolute Gasteiger partial charge is 0.381 e. The van der Waals surface area contributed by atoms with Crippen LogP contribution < -0.4 is 5.32 Å². The standard InChI is InChI=1S/C22H30ClN3O2/c23-20-12-19(13-2-1-3-13)22(26-25-20)24-18-10-15-8-17(9-16(15)11-18)21(27)14-4-6-28-7-5-14/h12-18H,1-11H2,(H,24,26)/t15-,16+,17?,18?. The van der Waals surface area contributed by atoms with E-state index in [9.17, 15) is 4.79 Å². The molecule has 0 bridgehead atoms. The molecule has 152 valence electrons. The Kier molecular flexibility index (Phi) is 5.31. The van der Waals surface area contributed by atoms with Crippen LogP contribution in [-0.4, -0.2) is 35.2 Å². The number of nitrogens with one attached hydrogen (secondary N) is 1. The number of hydrogen-bond acceptors (Lipinski definition) is 5. The molecule has 1 aromatic rings. The van der Waals surface area contributed by atoms with Gasteiger partial charge < -0.3 is 10.1 Å². The number of hydrogen-bond donors (Lipinski definition) is 1. The second-order valence-electron chi connectivity index (χ2n) is 9.39. The molecule has 0 aromatic carbocycles. The predicted molar refractivity (Wildman–Crippen MR) is 109 cm³/mol. The molecule has 3 saturated carbocycles. The number of carbonyl (C=O) groups excluding carboxylic acids is 1. The number of rotatable bonds is 5. The van der Waals surface area contributed by atoms with Gasteiger partial charge in [0, 0.05) is 36.7 Å². The molecule has 0 radical (unpaired) electrons. The molecule has 0 spiro atoms.